The van der Waals surface area contributed by atoms with Crippen molar-refractivity contribution in [1.82, 2.24) is 10.2 Å². The van der Waals surface area contributed by atoms with Crippen molar-refractivity contribution >= 4 is 23.2 Å². The molecule has 1 atom stereocenters. The van der Waals surface area contributed by atoms with Gasteiger partial charge in [-0.05, 0) is 44.2 Å². The summed E-state index contributed by atoms with van der Waals surface area (Å²) < 4.78 is 5.26. The van der Waals surface area contributed by atoms with Gasteiger partial charge in [0.1, 0.15) is 6.04 Å². The fraction of sp³-hybridized carbons (Fsp3) is 0.647. The van der Waals surface area contributed by atoms with Crippen LogP contribution in [0.2, 0.25) is 0 Å². The van der Waals surface area contributed by atoms with Gasteiger partial charge in [-0.3, -0.25) is 9.59 Å². The largest absolute Gasteiger partial charge is 0.378 e. The van der Waals surface area contributed by atoms with Gasteiger partial charge in [0, 0.05) is 18.0 Å². The normalized spacial score (nSPS) is 19.6. The molecule has 0 aromatic carbocycles. The van der Waals surface area contributed by atoms with Crippen molar-refractivity contribution in [2.45, 2.75) is 45.1 Å². The van der Waals surface area contributed by atoms with Crippen LogP contribution in [0, 0.1) is 0 Å². The predicted octanol–water partition coefficient (Wildman–Crippen LogP) is 1.99. The Labute approximate surface area is 141 Å². The summed E-state index contributed by atoms with van der Waals surface area (Å²) in [6.45, 7) is 4.11. The van der Waals surface area contributed by atoms with Crippen molar-refractivity contribution < 1.29 is 14.3 Å². The van der Waals surface area contributed by atoms with Gasteiger partial charge in [-0.1, -0.05) is 6.42 Å². The molecule has 5 nitrogen and oxygen atoms in total. The fourth-order valence-electron chi connectivity index (χ4n) is 3.17. The van der Waals surface area contributed by atoms with Gasteiger partial charge in [-0.2, -0.15) is 0 Å². The smallest absolute Gasteiger partial charge is 0.262 e. The Morgan fingerprint density at radius 3 is 2.74 bits per heavy atom. The standard InChI is InChI=1S/C17H24N2O3S/c1-12(17(21)19-7-9-22-10-8-19)18-16(20)15-11-13-5-3-2-4-6-14(13)23-15/h11-12H,2-10H2,1H3,(H,18,20). The van der Waals surface area contributed by atoms with E-state index in [2.05, 4.69) is 5.32 Å². The minimum atomic E-state index is -0.498. The maximum Gasteiger partial charge on any atom is 0.262 e. The third-order valence-electron chi connectivity index (χ3n) is 4.51. The van der Waals surface area contributed by atoms with Gasteiger partial charge in [0.05, 0.1) is 18.1 Å². The molecule has 1 fully saturated rings. The number of nitrogens with zero attached hydrogens (tertiary/aromatic N) is 1. The molecule has 2 heterocycles. The number of carbonyl (C=O) groups is 2. The fourth-order valence-corrected chi connectivity index (χ4v) is 4.32. The Kier molecular flexibility index (Phi) is 5.33. The first-order chi connectivity index (χ1) is 11.1. The van der Waals surface area contributed by atoms with E-state index in [0.717, 1.165) is 17.7 Å². The number of rotatable bonds is 3. The molecule has 2 aliphatic rings. The third kappa shape index (κ3) is 3.93. The average molecular weight is 336 g/mol. The van der Waals surface area contributed by atoms with Crippen molar-refractivity contribution in [3.63, 3.8) is 0 Å². The highest BCUT2D eigenvalue weighted by molar-refractivity contribution is 7.14. The summed E-state index contributed by atoms with van der Waals surface area (Å²) in [6, 6.07) is 1.52. The highest BCUT2D eigenvalue weighted by Gasteiger charge is 2.25. The molecule has 0 radical (unpaired) electrons. The predicted molar refractivity (Wildman–Crippen MR) is 89.9 cm³/mol. The molecule has 6 heteroatoms. The second kappa shape index (κ2) is 7.45. The molecule has 0 bridgehead atoms. The molecule has 1 aromatic rings. The van der Waals surface area contributed by atoms with Gasteiger partial charge in [-0.25, -0.2) is 0 Å². The molecule has 1 aliphatic carbocycles. The Hall–Kier alpha value is -1.40. The number of ether oxygens (including phenoxy) is 1. The Balaban J connectivity index is 1.61. The summed E-state index contributed by atoms with van der Waals surface area (Å²) in [7, 11) is 0. The average Bonchev–Trinajstić information content (AvgIpc) is 2.86. The van der Waals surface area contributed by atoms with Gasteiger partial charge in [-0.15, -0.1) is 11.3 Å². The summed E-state index contributed by atoms with van der Waals surface area (Å²) in [5.41, 5.74) is 1.32. The van der Waals surface area contributed by atoms with Gasteiger partial charge in [0.15, 0.2) is 0 Å². The lowest BCUT2D eigenvalue weighted by Gasteiger charge is -2.29. The molecule has 1 N–H and O–H groups in total. The number of nitrogens with one attached hydrogen (secondary N) is 1. The van der Waals surface area contributed by atoms with E-state index in [9.17, 15) is 9.59 Å². The van der Waals surface area contributed by atoms with Gasteiger partial charge >= 0.3 is 0 Å². The molecule has 3 rings (SSSR count). The van der Waals surface area contributed by atoms with Gasteiger partial charge < -0.3 is 15.0 Å². The Bertz CT molecular complexity index is 555. The molecule has 1 aliphatic heterocycles. The third-order valence-corrected chi connectivity index (χ3v) is 5.75. The zero-order chi connectivity index (χ0) is 16.2. The van der Waals surface area contributed by atoms with Gasteiger partial charge in [0.2, 0.25) is 5.91 Å². The number of amides is 2. The molecule has 1 aromatic heterocycles. The molecule has 2 amide bonds. The number of thiophene rings is 1. The zero-order valence-corrected chi connectivity index (χ0v) is 14.4. The van der Waals surface area contributed by atoms with E-state index < -0.39 is 6.04 Å². The topological polar surface area (TPSA) is 58.6 Å². The molecule has 1 unspecified atom stereocenters. The van der Waals surface area contributed by atoms with E-state index in [-0.39, 0.29) is 11.8 Å². The van der Waals surface area contributed by atoms with Crippen LogP contribution in [0.3, 0.4) is 0 Å². The highest BCUT2D eigenvalue weighted by atomic mass is 32.1. The first-order valence-corrected chi connectivity index (χ1v) is 9.26. The van der Waals surface area contributed by atoms with Crippen molar-refractivity contribution in [3.8, 4) is 0 Å². The van der Waals surface area contributed by atoms with Gasteiger partial charge in [0.25, 0.3) is 5.91 Å². The van der Waals surface area contributed by atoms with Crippen LogP contribution < -0.4 is 5.32 Å². The number of morpholine rings is 1. The van der Waals surface area contributed by atoms with E-state index in [1.165, 1.54) is 29.7 Å². The maximum absolute atomic E-state index is 12.4. The minimum absolute atomic E-state index is 0.0280. The number of hydrogen-bond acceptors (Lipinski definition) is 4. The molecule has 126 valence electrons. The van der Waals surface area contributed by atoms with Crippen LogP contribution in [0.15, 0.2) is 6.07 Å². The summed E-state index contributed by atoms with van der Waals surface area (Å²) in [5, 5.41) is 2.86. The van der Waals surface area contributed by atoms with Crippen molar-refractivity contribution in [1.29, 1.82) is 0 Å². The van der Waals surface area contributed by atoms with E-state index in [1.54, 1.807) is 23.2 Å². The van der Waals surface area contributed by atoms with E-state index in [4.69, 9.17) is 4.74 Å². The lowest BCUT2D eigenvalue weighted by molar-refractivity contribution is -0.136. The molecule has 0 saturated carbocycles. The Morgan fingerprint density at radius 2 is 1.96 bits per heavy atom. The lowest BCUT2D eigenvalue weighted by Crippen LogP contribution is -2.50. The monoisotopic (exact) mass is 336 g/mol. The minimum Gasteiger partial charge on any atom is -0.378 e. The second-order valence-electron chi connectivity index (χ2n) is 6.25. The second-order valence-corrected chi connectivity index (χ2v) is 7.39. The van der Waals surface area contributed by atoms with E-state index in [0.29, 0.717) is 26.3 Å². The first-order valence-electron chi connectivity index (χ1n) is 8.44. The summed E-state index contributed by atoms with van der Waals surface area (Å²) in [5.74, 6) is -0.156. The maximum atomic E-state index is 12.4. The van der Waals surface area contributed by atoms with Crippen LogP contribution >= 0.6 is 11.3 Å². The van der Waals surface area contributed by atoms with Crippen LogP contribution in [0.4, 0.5) is 0 Å². The quantitative estimate of drug-likeness (QED) is 0.859. The van der Waals surface area contributed by atoms with Crippen LogP contribution in [0.1, 0.15) is 46.3 Å². The number of fused-ring (bicyclic) bond motifs is 1. The van der Waals surface area contributed by atoms with Crippen LogP contribution in [-0.2, 0) is 22.4 Å². The molecule has 0 spiro atoms. The molecular formula is C17H24N2O3S. The summed E-state index contributed by atoms with van der Waals surface area (Å²) in [6.07, 6.45) is 5.84. The van der Waals surface area contributed by atoms with E-state index >= 15 is 0 Å². The number of aryl methyl sites for hydroxylation is 2. The first kappa shape index (κ1) is 16.5. The van der Waals surface area contributed by atoms with Crippen LogP contribution in [0.25, 0.3) is 0 Å². The van der Waals surface area contributed by atoms with E-state index in [1.807, 2.05) is 6.07 Å². The van der Waals surface area contributed by atoms with Crippen molar-refractivity contribution in [3.05, 3.63) is 21.4 Å². The molecule has 1 saturated heterocycles. The highest BCUT2D eigenvalue weighted by Crippen LogP contribution is 2.29. The summed E-state index contributed by atoms with van der Waals surface area (Å²) >= 11 is 1.59. The zero-order valence-electron chi connectivity index (χ0n) is 13.6. The Morgan fingerprint density at radius 1 is 1.22 bits per heavy atom. The van der Waals surface area contributed by atoms with Crippen molar-refractivity contribution in [2.75, 3.05) is 26.3 Å². The van der Waals surface area contributed by atoms with Crippen LogP contribution in [-0.4, -0.2) is 49.1 Å². The van der Waals surface area contributed by atoms with Crippen molar-refractivity contribution in [2.24, 2.45) is 0 Å². The number of carbonyl (C=O) groups excluding carboxylic acids is 2. The summed E-state index contributed by atoms with van der Waals surface area (Å²) in [4.78, 5) is 28.7. The van der Waals surface area contributed by atoms with Crippen LogP contribution in [0.5, 0.6) is 0 Å². The lowest BCUT2D eigenvalue weighted by atomic mass is 10.1. The SMILES string of the molecule is CC(NC(=O)c1cc2c(s1)CCCCC2)C(=O)N1CCOCC1. The molecular weight excluding hydrogens is 312 g/mol. The molecule has 23 heavy (non-hydrogen) atoms. The number of hydrogen-bond donors (Lipinski definition) is 1.